The van der Waals surface area contributed by atoms with Crippen molar-refractivity contribution >= 4 is 35.0 Å². The molecule has 0 bridgehead atoms. The number of esters is 1. The Morgan fingerprint density at radius 2 is 1.85 bits per heavy atom. The molecule has 3 heterocycles. The summed E-state index contributed by atoms with van der Waals surface area (Å²) < 4.78 is 7.02. The van der Waals surface area contributed by atoms with Gasteiger partial charge in [0, 0.05) is 30.1 Å². The molecule has 7 heteroatoms. The SMILES string of the molecule is O=C(C=Cc1cn(-c2ccccc2)nc1-c1cccs1)OCC(=O)N1CCc2ccccc21. The van der Waals surface area contributed by atoms with E-state index in [9.17, 15) is 9.59 Å². The fraction of sp³-hybridized carbons (Fsp3) is 0.115. The van der Waals surface area contributed by atoms with E-state index >= 15 is 0 Å². The number of carbonyl (C=O) groups excluding carboxylic acids is 2. The van der Waals surface area contributed by atoms with Gasteiger partial charge in [0.15, 0.2) is 6.61 Å². The molecule has 0 spiro atoms. The van der Waals surface area contributed by atoms with Crippen LogP contribution in [0.3, 0.4) is 0 Å². The van der Waals surface area contributed by atoms with E-state index in [4.69, 9.17) is 9.84 Å². The van der Waals surface area contributed by atoms with Crippen LogP contribution >= 0.6 is 11.3 Å². The maximum absolute atomic E-state index is 12.6. The Kier molecular flexibility index (Phi) is 5.87. The van der Waals surface area contributed by atoms with Gasteiger partial charge in [0.25, 0.3) is 5.91 Å². The lowest BCUT2D eigenvalue weighted by Gasteiger charge is -2.16. The zero-order valence-electron chi connectivity index (χ0n) is 17.8. The summed E-state index contributed by atoms with van der Waals surface area (Å²) in [6.45, 7) is 0.312. The Bertz CT molecular complexity index is 1310. The first-order valence-corrected chi connectivity index (χ1v) is 11.5. The zero-order valence-corrected chi connectivity index (χ0v) is 18.6. The molecule has 4 aromatic rings. The number of aromatic nitrogens is 2. The third-order valence-electron chi connectivity index (χ3n) is 5.44. The zero-order chi connectivity index (χ0) is 22.6. The summed E-state index contributed by atoms with van der Waals surface area (Å²) in [5.74, 6) is -0.793. The predicted octanol–water partition coefficient (Wildman–Crippen LogP) is 4.75. The maximum atomic E-state index is 12.6. The second-order valence-corrected chi connectivity index (χ2v) is 8.50. The third kappa shape index (κ3) is 4.49. The summed E-state index contributed by atoms with van der Waals surface area (Å²) in [4.78, 5) is 27.6. The van der Waals surface area contributed by atoms with E-state index in [0.717, 1.165) is 39.5 Å². The molecule has 5 rings (SSSR count). The van der Waals surface area contributed by atoms with Crippen LogP contribution < -0.4 is 4.90 Å². The largest absolute Gasteiger partial charge is 0.452 e. The molecule has 0 saturated heterocycles. The lowest BCUT2D eigenvalue weighted by atomic mass is 10.2. The van der Waals surface area contributed by atoms with E-state index < -0.39 is 5.97 Å². The van der Waals surface area contributed by atoms with Crippen molar-refractivity contribution in [3.05, 3.63) is 95.5 Å². The number of amides is 1. The number of carbonyl (C=O) groups is 2. The minimum atomic E-state index is -0.569. The monoisotopic (exact) mass is 455 g/mol. The molecule has 0 radical (unpaired) electrons. The molecule has 2 aromatic carbocycles. The summed E-state index contributed by atoms with van der Waals surface area (Å²) in [5.41, 5.74) is 4.52. The van der Waals surface area contributed by atoms with E-state index in [1.807, 2.05) is 78.3 Å². The van der Waals surface area contributed by atoms with Gasteiger partial charge in [-0.1, -0.05) is 42.5 Å². The average molecular weight is 456 g/mol. The first-order chi connectivity index (χ1) is 16.2. The number of benzene rings is 2. The van der Waals surface area contributed by atoms with Gasteiger partial charge < -0.3 is 9.64 Å². The third-order valence-corrected chi connectivity index (χ3v) is 6.32. The number of anilines is 1. The van der Waals surface area contributed by atoms with Gasteiger partial charge in [-0.05, 0) is 47.7 Å². The number of hydrogen-bond donors (Lipinski definition) is 0. The number of thiophene rings is 1. The van der Waals surface area contributed by atoms with Gasteiger partial charge in [-0.15, -0.1) is 11.3 Å². The van der Waals surface area contributed by atoms with E-state index in [2.05, 4.69) is 0 Å². The van der Waals surface area contributed by atoms with Crippen LogP contribution in [-0.2, 0) is 20.7 Å². The molecule has 0 unspecified atom stereocenters. The van der Waals surface area contributed by atoms with Crippen molar-refractivity contribution in [2.24, 2.45) is 0 Å². The highest BCUT2D eigenvalue weighted by atomic mass is 32.1. The fourth-order valence-electron chi connectivity index (χ4n) is 3.84. The molecular formula is C26H21N3O3S. The minimum absolute atomic E-state index is 0.224. The van der Waals surface area contributed by atoms with Gasteiger partial charge >= 0.3 is 5.97 Å². The normalized spacial score (nSPS) is 12.8. The Morgan fingerprint density at radius 3 is 2.67 bits per heavy atom. The van der Waals surface area contributed by atoms with E-state index in [-0.39, 0.29) is 12.5 Å². The van der Waals surface area contributed by atoms with Gasteiger partial charge in [0.1, 0.15) is 5.69 Å². The minimum Gasteiger partial charge on any atom is -0.452 e. The number of fused-ring (bicyclic) bond motifs is 1. The second kappa shape index (κ2) is 9.26. The Labute approximate surface area is 195 Å². The molecule has 1 aliphatic heterocycles. The molecule has 0 atom stereocenters. The van der Waals surface area contributed by atoms with Crippen LogP contribution in [-0.4, -0.2) is 34.8 Å². The second-order valence-electron chi connectivity index (χ2n) is 7.56. The summed E-state index contributed by atoms with van der Waals surface area (Å²) in [7, 11) is 0. The van der Waals surface area contributed by atoms with Crippen molar-refractivity contribution in [3.63, 3.8) is 0 Å². The van der Waals surface area contributed by atoms with Gasteiger partial charge in [0.05, 0.1) is 10.6 Å². The van der Waals surface area contributed by atoms with Crippen LogP contribution in [0.2, 0.25) is 0 Å². The number of rotatable bonds is 6. The lowest BCUT2D eigenvalue weighted by molar-refractivity contribution is -0.142. The highest BCUT2D eigenvalue weighted by Crippen LogP contribution is 2.29. The molecule has 33 heavy (non-hydrogen) atoms. The van der Waals surface area contributed by atoms with Crippen molar-refractivity contribution in [2.75, 3.05) is 18.1 Å². The molecule has 1 amide bonds. The van der Waals surface area contributed by atoms with Crippen molar-refractivity contribution in [1.29, 1.82) is 0 Å². The predicted molar refractivity (Wildman–Crippen MR) is 129 cm³/mol. The van der Waals surface area contributed by atoms with Crippen LogP contribution in [0.15, 0.2) is 84.4 Å². The van der Waals surface area contributed by atoms with E-state index in [1.54, 1.807) is 27.0 Å². The first-order valence-electron chi connectivity index (χ1n) is 10.6. The van der Waals surface area contributed by atoms with Gasteiger partial charge in [-0.3, -0.25) is 4.79 Å². The van der Waals surface area contributed by atoms with Crippen molar-refractivity contribution < 1.29 is 14.3 Å². The van der Waals surface area contributed by atoms with E-state index in [1.165, 1.54) is 6.08 Å². The summed E-state index contributed by atoms with van der Waals surface area (Å²) >= 11 is 1.58. The summed E-state index contributed by atoms with van der Waals surface area (Å²) in [6, 6.07) is 21.5. The van der Waals surface area contributed by atoms with Crippen LogP contribution in [0.5, 0.6) is 0 Å². The maximum Gasteiger partial charge on any atom is 0.331 e. The molecule has 1 aliphatic rings. The summed E-state index contributed by atoms with van der Waals surface area (Å²) in [6.07, 6.45) is 5.71. The van der Waals surface area contributed by atoms with Crippen molar-refractivity contribution in [2.45, 2.75) is 6.42 Å². The fourth-order valence-corrected chi connectivity index (χ4v) is 4.57. The topological polar surface area (TPSA) is 64.4 Å². The van der Waals surface area contributed by atoms with Crippen molar-refractivity contribution in [1.82, 2.24) is 9.78 Å². The Hall–Kier alpha value is -3.97. The molecule has 0 N–H and O–H groups in total. The molecule has 0 aliphatic carbocycles. The first kappa shape index (κ1) is 20.9. The standard InChI is InChI=1S/C26H21N3O3S/c30-24(28-15-14-19-7-4-5-10-22(19)28)18-32-25(31)13-12-20-17-29(21-8-2-1-3-9-21)27-26(20)23-11-6-16-33-23/h1-13,16-17H,14-15,18H2. The van der Waals surface area contributed by atoms with Crippen LogP contribution in [0, 0.1) is 0 Å². The number of nitrogens with zero attached hydrogens (tertiary/aromatic N) is 3. The van der Waals surface area contributed by atoms with Gasteiger partial charge in [0.2, 0.25) is 0 Å². The Morgan fingerprint density at radius 1 is 1.03 bits per heavy atom. The molecule has 164 valence electrons. The number of hydrogen-bond acceptors (Lipinski definition) is 5. The smallest absolute Gasteiger partial charge is 0.331 e. The van der Waals surface area contributed by atoms with Crippen molar-refractivity contribution in [3.8, 4) is 16.3 Å². The number of para-hydroxylation sites is 2. The molecule has 0 saturated carbocycles. The van der Waals surface area contributed by atoms with Crippen LogP contribution in [0.4, 0.5) is 5.69 Å². The molecule has 6 nitrogen and oxygen atoms in total. The van der Waals surface area contributed by atoms with Crippen LogP contribution in [0.25, 0.3) is 22.3 Å². The van der Waals surface area contributed by atoms with Gasteiger partial charge in [-0.25, -0.2) is 9.48 Å². The van der Waals surface area contributed by atoms with Gasteiger partial charge in [-0.2, -0.15) is 5.10 Å². The lowest BCUT2D eigenvalue weighted by Crippen LogP contribution is -2.33. The van der Waals surface area contributed by atoms with Crippen LogP contribution in [0.1, 0.15) is 11.1 Å². The highest BCUT2D eigenvalue weighted by Gasteiger charge is 2.24. The Balaban J connectivity index is 1.28. The average Bonchev–Trinajstić information content (AvgIpc) is 3.61. The molecule has 2 aromatic heterocycles. The highest BCUT2D eigenvalue weighted by molar-refractivity contribution is 7.13. The van der Waals surface area contributed by atoms with E-state index in [0.29, 0.717) is 6.54 Å². The summed E-state index contributed by atoms with van der Waals surface area (Å²) in [5, 5.41) is 6.70. The molecule has 0 fully saturated rings. The molecular weight excluding hydrogens is 434 g/mol. The number of ether oxygens (including phenoxy) is 1. The quantitative estimate of drug-likeness (QED) is 0.311.